The van der Waals surface area contributed by atoms with E-state index in [2.05, 4.69) is 0 Å². The van der Waals surface area contributed by atoms with E-state index in [1.807, 2.05) is 0 Å². The summed E-state index contributed by atoms with van der Waals surface area (Å²) in [7, 11) is 0. The fraction of sp³-hybridized carbons (Fsp3) is 0. The minimum Gasteiger partial charge on any atom is -0.455 e. The van der Waals surface area contributed by atoms with Crippen LogP contribution >= 0.6 is 0 Å². The van der Waals surface area contributed by atoms with E-state index in [9.17, 15) is 13.7 Å². The maximum atomic E-state index is 9.89. The zero-order valence-electron chi connectivity index (χ0n) is 53.5. The monoisotopic (exact) mass is 651 g/mol. The third-order valence-corrected chi connectivity index (χ3v) is 7.95. The summed E-state index contributed by atoms with van der Waals surface area (Å²) in [6, 6.07) is -25.8. The van der Waals surface area contributed by atoms with Gasteiger partial charge in [-0.2, -0.15) is 0 Å². The molecule has 1 aromatic heterocycles. The molecule has 10 rings (SSSR count). The lowest BCUT2D eigenvalue weighted by Crippen LogP contribution is -1.91. The molecule has 0 amide bonds. The standard InChI is InChI=1S/C48H30O/c1-2-13-31(14-3-1)33-27-28-38-43-25-12-26-44(48(43)49-45(38)30-33)47-41-22-8-6-20-39(41)46(40-21-7-9-23-42(40)47)35-18-10-17-34(29-35)37-24-11-16-32-15-4-5-19-36(32)37/h1-30H/i1D,2D,3D,4D,5D,6D,7D,8D,9D,10D,11D,12D,13D,14D,15D,16D,17D,18D,19D,20D,21D,22D,23D,24D,26D,27D,28D,29D,30D. The molecule has 0 atom stereocenters. The fourth-order valence-corrected chi connectivity index (χ4v) is 5.88. The molecule has 0 aliphatic heterocycles. The Bertz CT molecular complexity index is 4420. The van der Waals surface area contributed by atoms with E-state index in [0.29, 0.717) is 0 Å². The van der Waals surface area contributed by atoms with Gasteiger partial charge in [0.05, 0.1) is 39.8 Å². The van der Waals surface area contributed by atoms with Gasteiger partial charge in [0.25, 0.3) is 0 Å². The number of hydrogen-bond donors (Lipinski definition) is 0. The van der Waals surface area contributed by atoms with E-state index in [-0.39, 0.29) is 5.39 Å². The van der Waals surface area contributed by atoms with Crippen LogP contribution in [0, 0.1) is 0 Å². The Morgan fingerprint density at radius 3 is 1.71 bits per heavy atom. The Labute approximate surface area is 325 Å². The summed E-state index contributed by atoms with van der Waals surface area (Å²) in [6.07, 6.45) is 0. The molecule has 0 spiro atoms. The fourth-order valence-electron chi connectivity index (χ4n) is 5.88. The molecule has 10 aromatic rings. The first-order chi connectivity index (χ1) is 36.4. The molecule has 0 saturated heterocycles. The van der Waals surface area contributed by atoms with Gasteiger partial charge in [0, 0.05) is 21.9 Å². The number of rotatable bonds is 4. The van der Waals surface area contributed by atoms with Crippen molar-refractivity contribution in [2.75, 3.05) is 0 Å². The SMILES string of the molecule is [2H]c1cc2c(oc3c([2H])c(-c4c([2H])c([2H])c([2H])c([2H])c4[2H])c([2H])c([2H])c32)c(-c2c3c([2H])c([2H])c([2H])c([2H])c3c(-c3c([2H])c([2H])c([2H])c(-c4c([2H])c([2H])c([2H])c5c([2H])c([2H])c([2H])c([2H])c45)c3[2H])c3c([2H])c([2H])c([2H])c([2H])c23)c1[2H]. The third kappa shape index (κ3) is 4.40. The molecule has 0 unspecified atom stereocenters. The average molecular weight is 652 g/mol. The highest BCUT2D eigenvalue weighted by atomic mass is 16.3. The van der Waals surface area contributed by atoms with Crippen LogP contribution in [0.15, 0.2) is 186 Å². The van der Waals surface area contributed by atoms with Crippen LogP contribution in [-0.4, -0.2) is 0 Å². The van der Waals surface area contributed by atoms with Gasteiger partial charge in [-0.1, -0.05) is 163 Å². The van der Waals surface area contributed by atoms with Gasteiger partial charge in [0.1, 0.15) is 11.2 Å². The minimum absolute atomic E-state index is 0.312. The van der Waals surface area contributed by atoms with Crippen LogP contribution in [0.2, 0.25) is 0 Å². The quantitative estimate of drug-likeness (QED) is 0.173. The molecular weight excluding hydrogens is 593 g/mol. The molecular formula is C48H30O. The molecule has 0 aliphatic carbocycles. The van der Waals surface area contributed by atoms with E-state index in [1.54, 1.807) is 0 Å². The Morgan fingerprint density at radius 1 is 0.347 bits per heavy atom. The van der Waals surface area contributed by atoms with Gasteiger partial charge in [0.2, 0.25) is 0 Å². The molecule has 9 aromatic carbocycles. The highest BCUT2D eigenvalue weighted by Gasteiger charge is 2.20. The van der Waals surface area contributed by atoms with E-state index in [0.717, 1.165) is 6.07 Å². The Kier molecular flexibility index (Phi) is 2.56. The molecule has 1 nitrogen and oxygen atoms in total. The van der Waals surface area contributed by atoms with Crippen molar-refractivity contribution in [3.05, 3.63) is 181 Å². The number of fused-ring (bicyclic) bond motifs is 6. The predicted molar refractivity (Wildman–Crippen MR) is 208 cm³/mol. The topological polar surface area (TPSA) is 13.1 Å². The van der Waals surface area contributed by atoms with Crippen LogP contribution < -0.4 is 0 Å². The molecule has 0 bridgehead atoms. The predicted octanol–water partition coefficient (Wildman–Crippen LogP) is 13.7. The first-order valence-corrected chi connectivity index (χ1v) is 14.5. The second kappa shape index (κ2) is 11.1. The second-order valence-corrected chi connectivity index (χ2v) is 10.6. The number of furan rings is 1. The van der Waals surface area contributed by atoms with Crippen molar-refractivity contribution in [1.29, 1.82) is 0 Å². The van der Waals surface area contributed by atoms with Crippen LogP contribution in [0.3, 0.4) is 0 Å². The van der Waals surface area contributed by atoms with Gasteiger partial charge in [-0.3, -0.25) is 0 Å². The lowest BCUT2D eigenvalue weighted by molar-refractivity contribution is 0.670. The average Bonchev–Trinajstić information content (AvgIpc) is 3.04. The first kappa shape index (κ1) is 11.3. The van der Waals surface area contributed by atoms with Gasteiger partial charge in [-0.15, -0.1) is 0 Å². The zero-order valence-corrected chi connectivity index (χ0v) is 24.5. The Morgan fingerprint density at radius 2 is 0.939 bits per heavy atom. The molecule has 0 aliphatic rings. The minimum atomic E-state index is -1.09. The third-order valence-electron chi connectivity index (χ3n) is 7.95. The van der Waals surface area contributed by atoms with Gasteiger partial charge in [-0.25, -0.2) is 0 Å². The Balaban J connectivity index is 1.47. The van der Waals surface area contributed by atoms with Crippen molar-refractivity contribution in [1.82, 2.24) is 0 Å². The van der Waals surface area contributed by atoms with Gasteiger partial charge in [-0.05, 0) is 83.8 Å². The van der Waals surface area contributed by atoms with Crippen LogP contribution in [-0.2, 0) is 0 Å². The first-order valence-electron chi connectivity index (χ1n) is 29.0. The highest BCUT2D eigenvalue weighted by Crippen LogP contribution is 2.47. The Hall–Kier alpha value is -6.44. The maximum Gasteiger partial charge on any atom is 0.143 e. The van der Waals surface area contributed by atoms with Crippen molar-refractivity contribution < 1.29 is 44.2 Å². The van der Waals surface area contributed by atoms with Crippen molar-refractivity contribution in [3.63, 3.8) is 0 Å². The van der Waals surface area contributed by atoms with Crippen LogP contribution in [0.4, 0.5) is 0 Å². The molecule has 1 heterocycles. The lowest BCUT2D eigenvalue weighted by atomic mass is 9.85. The van der Waals surface area contributed by atoms with Crippen molar-refractivity contribution >= 4 is 54.3 Å². The molecule has 0 fully saturated rings. The molecule has 49 heavy (non-hydrogen) atoms. The molecule has 228 valence electrons. The summed E-state index contributed by atoms with van der Waals surface area (Å²) in [5.74, 6) is 0. The second-order valence-electron chi connectivity index (χ2n) is 10.6. The van der Waals surface area contributed by atoms with E-state index in [1.165, 1.54) is 0 Å². The van der Waals surface area contributed by atoms with Crippen molar-refractivity contribution in [2.24, 2.45) is 0 Å². The van der Waals surface area contributed by atoms with E-state index < -0.39 is 269 Å². The summed E-state index contributed by atoms with van der Waals surface area (Å²) in [5, 5.41) is -4.98. The normalized spacial score (nSPS) is 20.0. The maximum absolute atomic E-state index is 9.89. The van der Waals surface area contributed by atoms with Gasteiger partial charge in [0.15, 0.2) is 0 Å². The summed E-state index contributed by atoms with van der Waals surface area (Å²) < 4.78 is 267. The molecule has 1 heteroatoms. The van der Waals surface area contributed by atoms with Crippen molar-refractivity contribution in [2.45, 2.75) is 0 Å². The lowest BCUT2D eigenvalue weighted by Gasteiger charge is -2.18. The zero-order chi connectivity index (χ0) is 57.5. The van der Waals surface area contributed by atoms with Crippen LogP contribution in [0.1, 0.15) is 39.8 Å². The van der Waals surface area contributed by atoms with E-state index >= 15 is 0 Å². The van der Waals surface area contributed by atoms with Crippen LogP contribution in [0.25, 0.3) is 98.8 Å². The largest absolute Gasteiger partial charge is 0.455 e. The highest BCUT2D eigenvalue weighted by molar-refractivity contribution is 6.24. The summed E-state index contributed by atoms with van der Waals surface area (Å²) in [4.78, 5) is 0. The number of para-hydroxylation sites is 1. The molecule has 0 saturated carbocycles. The number of hydrogen-bond acceptors (Lipinski definition) is 1. The van der Waals surface area contributed by atoms with Gasteiger partial charge >= 0.3 is 0 Å². The van der Waals surface area contributed by atoms with E-state index in [4.69, 9.17) is 30.5 Å². The van der Waals surface area contributed by atoms with Crippen LogP contribution in [0.5, 0.6) is 0 Å². The molecule has 0 N–H and O–H groups in total. The van der Waals surface area contributed by atoms with Crippen molar-refractivity contribution in [3.8, 4) is 44.5 Å². The smallest absolute Gasteiger partial charge is 0.143 e. The summed E-state index contributed by atoms with van der Waals surface area (Å²) in [5.41, 5.74) is -7.16. The number of benzene rings is 9. The molecule has 0 radical (unpaired) electrons. The summed E-state index contributed by atoms with van der Waals surface area (Å²) >= 11 is 0. The van der Waals surface area contributed by atoms with Gasteiger partial charge < -0.3 is 4.42 Å². The summed E-state index contributed by atoms with van der Waals surface area (Å²) in [6.45, 7) is 0.